The zero-order valence-electron chi connectivity index (χ0n) is 7.40. The standard InChI is InChI=1S/C10H13NOS/c11-10(9-2-1-5-13-9)8(12)6-7-3-4-7/h1-2,5,7,10H,3-4,6,11H2. The van der Waals surface area contributed by atoms with Crippen molar-refractivity contribution in [1.29, 1.82) is 0 Å². The molecule has 2 rings (SSSR count). The second-order valence-corrected chi connectivity index (χ2v) is 4.59. The molecule has 1 aliphatic carbocycles. The van der Waals surface area contributed by atoms with E-state index in [1.54, 1.807) is 11.3 Å². The summed E-state index contributed by atoms with van der Waals surface area (Å²) >= 11 is 1.56. The van der Waals surface area contributed by atoms with Crippen LogP contribution in [-0.4, -0.2) is 5.78 Å². The maximum absolute atomic E-state index is 11.6. The number of ketones is 1. The van der Waals surface area contributed by atoms with Crippen molar-refractivity contribution in [3.8, 4) is 0 Å². The van der Waals surface area contributed by atoms with E-state index < -0.39 is 0 Å². The first-order valence-electron chi connectivity index (χ1n) is 4.59. The van der Waals surface area contributed by atoms with Crippen LogP contribution in [-0.2, 0) is 4.79 Å². The minimum absolute atomic E-state index is 0.199. The van der Waals surface area contributed by atoms with Crippen LogP contribution in [0.3, 0.4) is 0 Å². The van der Waals surface area contributed by atoms with Crippen molar-refractivity contribution in [2.45, 2.75) is 25.3 Å². The smallest absolute Gasteiger partial charge is 0.155 e. The molecule has 1 fully saturated rings. The largest absolute Gasteiger partial charge is 0.317 e. The molecule has 0 bridgehead atoms. The number of hydrogen-bond donors (Lipinski definition) is 1. The van der Waals surface area contributed by atoms with Gasteiger partial charge in [-0.3, -0.25) is 4.79 Å². The Morgan fingerprint density at radius 3 is 3.00 bits per heavy atom. The predicted molar refractivity (Wildman–Crippen MR) is 53.6 cm³/mol. The van der Waals surface area contributed by atoms with Gasteiger partial charge in [0.15, 0.2) is 5.78 Å². The summed E-state index contributed by atoms with van der Waals surface area (Å²) in [4.78, 5) is 12.6. The fraction of sp³-hybridized carbons (Fsp3) is 0.500. The molecule has 2 nitrogen and oxygen atoms in total. The normalized spacial score (nSPS) is 18.5. The molecule has 1 aliphatic rings. The predicted octanol–water partition coefficient (Wildman–Crippen LogP) is 2.12. The highest BCUT2D eigenvalue weighted by molar-refractivity contribution is 7.10. The number of hydrogen-bond acceptors (Lipinski definition) is 3. The van der Waals surface area contributed by atoms with E-state index in [4.69, 9.17) is 5.73 Å². The molecule has 0 aromatic carbocycles. The molecular weight excluding hydrogens is 182 g/mol. The molecule has 0 spiro atoms. The van der Waals surface area contributed by atoms with Gasteiger partial charge < -0.3 is 5.73 Å². The molecule has 1 atom stereocenters. The Morgan fingerprint density at radius 2 is 2.46 bits per heavy atom. The molecule has 0 amide bonds. The first-order chi connectivity index (χ1) is 6.27. The lowest BCUT2D eigenvalue weighted by Gasteiger charge is -2.06. The summed E-state index contributed by atoms with van der Waals surface area (Å²) in [6, 6.07) is 3.49. The summed E-state index contributed by atoms with van der Waals surface area (Å²) in [5, 5.41) is 1.96. The minimum Gasteiger partial charge on any atom is -0.317 e. The van der Waals surface area contributed by atoms with Gasteiger partial charge in [0.1, 0.15) is 0 Å². The lowest BCUT2D eigenvalue weighted by Crippen LogP contribution is -2.20. The average molecular weight is 195 g/mol. The lowest BCUT2D eigenvalue weighted by atomic mass is 10.1. The fourth-order valence-corrected chi connectivity index (χ4v) is 2.11. The van der Waals surface area contributed by atoms with Crippen molar-refractivity contribution < 1.29 is 4.79 Å². The molecule has 70 valence electrons. The van der Waals surface area contributed by atoms with Crippen LogP contribution in [0.1, 0.15) is 30.2 Å². The third kappa shape index (κ3) is 2.17. The summed E-state index contributed by atoms with van der Waals surface area (Å²) in [7, 11) is 0. The zero-order valence-corrected chi connectivity index (χ0v) is 8.22. The molecule has 1 heterocycles. The summed E-state index contributed by atoms with van der Waals surface area (Å²) in [5.41, 5.74) is 5.82. The lowest BCUT2D eigenvalue weighted by molar-refractivity contribution is -0.120. The van der Waals surface area contributed by atoms with Gasteiger partial charge in [0, 0.05) is 11.3 Å². The fourth-order valence-electron chi connectivity index (χ4n) is 1.36. The van der Waals surface area contributed by atoms with Crippen LogP contribution in [0.4, 0.5) is 0 Å². The molecule has 13 heavy (non-hydrogen) atoms. The number of Topliss-reactive ketones (excluding diaryl/α,β-unsaturated/α-hetero) is 1. The third-order valence-electron chi connectivity index (χ3n) is 2.38. The molecule has 3 heteroatoms. The van der Waals surface area contributed by atoms with Crippen LogP contribution in [0, 0.1) is 5.92 Å². The number of carbonyl (C=O) groups is 1. The van der Waals surface area contributed by atoms with E-state index in [0.717, 1.165) is 4.88 Å². The van der Waals surface area contributed by atoms with Gasteiger partial charge in [-0.2, -0.15) is 0 Å². The van der Waals surface area contributed by atoms with Crippen molar-refractivity contribution in [3.63, 3.8) is 0 Å². The number of thiophene rings is 1. The minimum atomic E-state index is -0.374. The van der Waals surface area contributed by atoms with E-state index >= 15 is 0 Å². The van der Waals surface area contributed by atoms with Crippen LogP contribution in [0.25, 0.3) is 0 Å². The average Bonchev–Trinajstić information content (AvgIpc) is 2.78. The van der Waals surface area contributed by atoms with Gasteiger partial charge >= 0.3 is 0 Å². The summed E-state index contributed by atoms with van der Waals surface area (Å²) in [5.74, 6) is 0.837. The van der Waals surface area contributed by atoms with Gasteiger partial charge in [0.05, 0.1) is 6.04 Å². The molecule has 1 aromatic rings. The Bertz CT molecular complexity index is 290. The van der Waals surface area contributed by atoms with E-state index in [0.29, 0.717) is 12.3 Å². The number of nitrogens with two attached hydrogens (primary N) is 1. The van der Waals surface area contributed by atoms with E-state index in [-0.39, 0.29) is 11.8 Å². The van der Waals surface area contributed by atoms with Crippen molar-refractivity contribution >= 4 is 17.1 Å². The number of rotatable bonds is 4. The monoisotopic (exact) mass is 195 g/mol. The topological polar surface area (TPSA) is 43.1 Å². The Morgan fingerprint density at radius 1 is 1.69 bits per heavy atom. The second-order valence-electron chi connectivity index (χ2n) is 3.61. The highest BCUT2D eigenvalue weighted by atomic mass is 32.1. The van der Waals surface area contributed by atoms with Gasteiger partial charge in [-0.05, 0) is 30.2 Å². The van der Waals surface area contributed by atoms with Gasteiger partial charge in [-0.25, -0.2) is 0 Å². The highest BCUT2D eigenvalue weighted by Crippen LogP contribution is 2.34. The number of carbonyl (C=O) groups excluding carboxylic acids is 1. The molecule has 0 aliphatic heterocycles. The van der Waals surface area contributed by atoms with Crippen LogP contribution in [0.15, 0.2) is 17.5 Å². The highest BCUT2D eigenvalue weighted by Gasteiger charge is 2.27. The third-order valence-corrected chi connectivity index (χ3v) is 3.34. The first-order valence-corrected chi connectivity index (χ1v) is 5.47. The maximum atomic E-state index is 11.6. The first kappa shape index (κ1) is 8.91. The maximum Gasteiger partial charge on any atom is 0.155 e. The molecule has 0 radical (unpaired) electrons. The van der Waals surface area contributed by atoms with E-state index in [1.165, 1.54) is 12.8 Å². The van der Waals surface area contributed by atoms with Crippen molar-refractivity contribution in [1.82, 2.24) is 0 Å². The molecule has 1 aromatic heterocycles. The van der Waals surface area contributed by atoms with Gasteiger partial charge in [-0.15, -0.1) is 11.3 Å². The van der Waals surface area contributed by atoms with Crippen molar-refractivity contribution in [3.05, 3.63) is 22.4 Å². The summed E-state index contributed by atoms with van der Waals surface area (Å²) in [6.45, 7) is 0. The van der Waals surface area contributed by atoms with E-state index in [1.807, 2.05) is 17.5 Å². The van der Waals surface area contributed by atoms with Crippen molar-refractivity contribution in [2.24, 2.45) is 11.7 Å². The Hall–Kier alpha value is -0.670. The Labute approximate surface area is 81.8 Å². The Kier molecular flexibility index (Phi) is 2.47. The van der Waals surface area contributed by atoms with Gasteiger partial charge in [0.25, 0.3) is 0 Å². The SMILES string of the molecule is NC(C(=O)CC1CC1)c1cccs1. The van der Waals surface area contributed by atoms with Gasteiger partial charge in [-0.1, -0.05) is 6.07 Å². The van der Waals surface area contributed by atoms with Gasteiger partial charge in [0.2, 0.25) is 0 Å². The van der Waals surface area contributed by atoms with E-state index in [2.05, 4.69) is 0 Å². The molecule has 1 unspecified atom stereocenters. The van der Waals surface area contributed by atoms with Crippen LogP contribution >= 0.6 is 11.3 Å². The van der Waals surface area contributed by atoms with Crippen LogP contribution in [0.2, 0.25) is 0 Å². The Balaban J connectivity index is 1.95. The molecular formula is C10H13NOS. The van der Waals surface area contributed by atoms with Crippen molar-refractivity contribution in [2.75, 3.05) is 0 Å². The zero-order chi connectivity index (χ0) is 9.26. The summed E-state index contributed by atoms with van der Waals surface area (Å²) in [6.07, 6.45) is 3.10. The molecule has 1 saturated carbocycles. The van der Waals surface area contributed by atoms with E-state index in [9.17, 15) is 4.79 Å². The molecule has 2 N–H and O–H groups in total. The quantitative estimate of drug-likeness (QED) is 0.799. The second kappa shape index (κ2) is 3.60. The summed E-state index contributed by atoms with van der Waals surface area (Å²) < 4.78 is 0. The van der Waals surface area contributed by atoms with Crippen LogP contribution < -0.4 is 5.73 Å². The molecule has 0 saturated heterocycles. The van der Waals surface area contributed by atoms with Crippen LogP contribution in [0.5, 0.6) is 0 Å².